The van der Waals surface area contributed by atoms with Crippen LogP contribution in [0.15, 0.2) is 0 Å². The van der Waals surface area contributed by atoms with E-state index in [9.17, 15) is 4.79 Å². The molecule has 0 saturated heterocycles. The lowest BCUT2D eigenvalue weighted by Crippen LogP contribution is -2.13. The van der Waals surface area contributed by atoms with Crippen molar-refractivity contribution in [2.75, 3.05) is 5.88 Å². The highest BCUT2D eigenvalue weighted by molar-refractivity contribution is 6.18. The lowest BCUT2D eigenvalue weighted by molar-refractivity contribution is -0.120. The minimum Gasteiger partial charge on any atom is -0.391 e. The highest BCUT2D eigenvalue weighted by Gasteiger charge is 2.06. The number of aliphatic hydroxyl groups is 1. The normalized spacial score (nSPS) is 13.2. The van der Waals surface area contributed by atoms with E-state index in [2.05, 4.69) is 0 Å². The van der Waals surface area contributed by atoms with Gasteiger partial charge >= 0.3 is 0 Å². The van der Waals surface area contributed by atoms with Gasteiger partial charge in [0, 0.05) is 18.7 Å². The number of carbonyl (C=O) groups is 1. The van der Waals surface area contributed by atoms with Crippen LogP contribution in [0, 0.1) is 0 Å². The van der Waals surface area contributed by atoms with Crippen LogP contribution in [0.2, 0.25) is 0 Å². The molecule has 0 aromatic rings. The highest BCUT2D eigenvalue weighted by atomic mass is 35.5. The van der Waals surface area contributed by atoms with Crippen molar-refractivity contribution in [3.63, 3.8) is 0 Å². The molecule has 0 aromatic carbocycles. The summed E-state index contributed by atoms with van der Waals surface area (Å²) >= 11 is 5.25. The van der Waals surface area contributed by atoms with E-state index in [1.807, 2.05) is 0 Å². The Labute approximate surface area is 59.8 Å². The fourth-order valence-corrected chi connectivity index (χ4v) is 0.571. The quantitative estimate of drug-likeness (QED) is 0.606. The van der Waals surface area contributed by atoms with Crippen LogP contribution in [0.1, 0.15) is 19.8 Å². The van der Waals surface area contributed by atoms with Crippen molar-refractivity contribution in [1.82, 2.24) is 0 Å². The van der Waals surface area contributed by atoms with Gasteiger partial charge in [-0.2, -0.15) is 0 Å². The zero-order valence-corrected chi connectivity index (χ0v) is 6.19. The first kappa shape index (κ1) is 8.92. The molecule has 0 fully saturated rings. The van der Waals surface area contributed by atoms with Crippen LogP contribution in [-0.4, -0.2) is 22.9 Å². The fourth-order valence-electron chi connectivity index (χ4n) is 0.462. The van der Waals surface area contributed by atoms with Gasteiger partial charge in [0.15, 0.2) is 0 Å². The predicted molar refractivity (Wildman–Crippen MR) is 36.6 cm³/mol. The first-order valence-electron chi connectivity index (χ1n) is 2.96. The lowest BCUT2D eigenvalue weighted by Gasteiger charge is -2.01. The van der Waals surface area contributed by atoms with Crippen LogP contribution in [0.5, 0.6) is 0 Å². The fraction of sp³-hybridized carbons (Fsp3) is 0.833. The van der Waals surface area contributed by atoms with Crippen LogP contribution in [0.25, 0.3) is 0 Å². The highest BCUT2D eigenvalue weighted by Crippen LogP contribution is 1.97. The molecule has 0 unspecified atom stereocenters. The maximum atomic E-state index is 10.6. The van der Waals surface area contributed by atoms with E-state index in [1.165, 1.54) is 0 Å². The number of aliphatic hydroxyl groups excluding tert-OH is 1. The maximum absolute atomic E-state index is 10.6. The third kappa shape index (κ3) is 4.43. The number of hydrogen-bond donors (Lipinski definition) is 1. The Morgan fingerprint density at radius 2 is 2.33 bits per heavy atom. The molecule has 3 heteroatoms. The second-order valence-corrected chi connectivity index (χ2v) is 2.21. The van der Waals surface area contributed by atoms with Crippen molar-refractivity contribution in [2.24, 2.45) is 0 Å². The number of alkyl halides is 1. The van der Waals surface area contributed by atoms with Gasteiger partial charge in [-0.25, -0.2) is 0 Å². The number of Topliss-reactive ketones (excluding diaryl/α,β-unsaturated/α-hetero) is 1. The first-order chi connectivity index (χ1) is 4.20. The Balaban J connectivity index is 3.34. The number of hydrogen-bond acceptors (Lipinski definition) is 2. The Morgan fingerprint density at radius 3 is 2.67 bits per heavy atom. The van der Waals surface area contributed by atoms with Crippen LogP contribution in [-0.2, 0) is 4.79 Å². The van der Waals surface area contributed by atoms with E-state index in [0.29, 0.717) is 6.42 Å². The smallest absolute Gasteiger partial charge is 0.135 e. The van der Waals surface area contributed by atoms with Crippen molar-refractivity contribution in [3.05, 3.63) is 0 Å². The van der Waals surface area contributed by atoms with Crippen LogP contribution >= 0.6 is 11.6 Å². The molecule has 0 aliphatic carbocycles. The Hall–Kier alpha value is -0.0800. The zero-order valence-electron chi connectivity index (χ0n) is 5.43. The van der Waals surface area contributed by atoms with Gasteiger partial charge in [-0.3, -0.25) is 4.79 Å². The number of carbonyl (C=O) groups excluding carboxylic acids is 1. The van der Waals surface area contributed by atoms with E-state index in [-0.39, 0.29) is 18.1 Å². The minimum atomic E-state index is -0.654. The SMILES string of the molecule is CCC(=O)C[C@H](O)CCl. The van der Waals surface area contributed by atoms with Crippen molar-refractivity contribution in [2.45, 2.75) is 25.9 Å². The largest absolute Gasteiger partial charge is 0.391 e. The molecular weight excluding hydrogens is 140 g/mol. The summed E-state index contributed by atoms with van der Waals surface area (Å²) in [5, 5.41) is 8.81. The first-order valence-corrected chi connectivity index (χ1v) is 3.49. The molecule has 0 spiro atoms. The van der Waals surface area contributed by atoms with E-state index >= 15 is 0 Å². The number of rotatable bonds is 4. The van der Waals surface area contributed by atoms with Crippen LogP contribution < -0.4 is 0 Å². The summed E-state index contributed by atoms with van der Waals surface area (Å²) in [7, 11) is 0. The standard InChI is InChI=1S/C6H11ClO2/c1-2-5(8)3-6(9)4-7/h6,9H,2-4H2,1H3/t6-/m0/s1. The molecular formula is C6H11ClO2. The van der Waals surface area contributed by atoms with E-state index in [4.69, 9.17) is 16.7 Å². The Morgan fingerprint density at radius 1 is 1.78 bits per heavy atom. The van der Waals surface area contributed by atoms with Gasteiger partial charge in [0.1, 0.15) is 5.78 Å². The summed E-state index contributed by atoms with van der Waals surface area (Å²) < 4.78 is 0. The summed E-state index contributed by atoms with van der Waals surface area (Å²) in [6.45, 7) is 1.77. The van der Waals surface area contributed by atoms with Gasteiger partial charge in [-0.1, -0.05) is 6.92 Å². The van der Waals surface area contributed by atoms with Crippen molar-refractivity contribution in [1.29, 1.82) is 0 Å². The molecule has 54 valence electrons. The third-order valence-electron chi connectivity index (χ3n) is 1.04. The van der Waals surface area contributed by atoms with E-state index in [1.54, 1.807) is 6.92 Å². The predicted octanol–water partition coefficient (Wildman–Crippen LogP) is 0.955. The molecule has 1 N–H and O–H groups in total. The van der Waals surface area contributed by atoms with Crippen LogP contribution in [0.3, 0.4) is 0 Å². The summed E-state index contributed by atoms with van der Waals surface area (Å²) in [5.41, 5.74) is 0. The average molecular weight is 151 g/mol. The Kier molecular flexibility index (Phi) is 4.72. The van der Waals surface area contributed by atoms with E-state index in [0.717, 1.165) is 0 Å². The third-order valence-corrected chi connectivity index (χ3v) is 1.39. The number of halogens is 1. The van der Waals surface area contributed by atoms with Crippen molar-refractivity contribution >= 4 is 17.4 Å². The van der Waals surface area contributed by atoms with Gasteiger partial charge in [0.2, 0.25) is 0 Å². The molecule has 0 saturated carbocycles. The van der Waals surface area contributed by atoms with Gasteiger partial charge in [0.05, 0.1) is 6.10 Å². The topological polar surface area (TPSA) is 37.3 Å². The summed E-state index contributed by atoms with van der Waals surface area (Å²) in [6.07, 6.45) is 0.0210. The van der Waals surface area contributed by atoms with E-state index < -0.39 is 6.10 Å². The second kappa shape index (κ2) is 4.77. The number of ketones is 1. The summed E-state index contributed by atoms with van der Waals surface area (Å²) in [6, 6.07) is 0. The molecule has 0 bridgehead atoms. The molecule has 9 heavy (non-hydrogen) atoms. The van der Waals surface area contributed by atoms with Crippen LogP contribution in [0.4, 0.5) is 0 Å². The van der Waals surface area contributed by atoms with Gasteiger partial charge in [0.25, 0.3) is 0 Å². The summed E-state index contributed by atoms with van der Waals surface area (Å²) in [5.74, 6) is 0.203. The zero-order chi connectivity index (χ0) is 7.28. The molecule has 1 atom stereocenters. The van der Waals surface area contributed by atoms with Gasteiger partial charge < -0.3 is 5.11 Å². The molecule has 0 amide bonds. The molecule has 0 rings (SSSR count). The minimum absolute atomic E-state index is 0.0585. The summed E-state index contributed by atoms with van der Waals surface area (Å²) in [4.78, 5) is 10.6. The van der Waals surface area contributed by atoms with Crippen molar-refractivity contribution < 1.29 is 9.90 Å². The molecule has 0 aliphatic heterocycles. The molecule has 2 nitrogen and oxygen atoms in total. The van der Waals surface area contributed by atoms with Gasteiger partial charge in [-0.15, -0.1) is 11.6 Å². The molecule has 0 heterocycles. The monoisotopic (exact) mass is 150 g/mol. The maximum Gasteiger partial charge on any atom is 0.135 e. The average Bonchev–Trinajstić information content (AvgIpc) is 1.87. The molecule has 0 radical (unpaired) electrons. The molecule has 0 aromatic heterocycles. The lowest BCUT2D eigenvalue weighted by atomic mass is 10.2. The Bertz CT molecular complexity index is 93.1. The molecule has 0 aliphatic rings. The van der Waals surface area contributed by atoms with Gasteiger partial charge in [-0.05, 0) is 0 Å². The van der Waals surface area contributed by atoms with Crippen molar-refractivity contribution in [3.8, 4) is 0 Å². The second-order valence-electron chi connectivity index (χ2n) is 1.90.